The van der Waals surface area contributed by atoms with Gasteiger partial charge in [-0.2, -0.15) is 0 Å². The van der Waals surface area contributed by atoms with Crippen LogP contribution in [-0.2, 0) is 19.1 Å². The lowest BCUT2D eigenvalue weighted by Gasteiger charge is -2.20. The van der Waals surface area contributed by atoms with Gasteiger partial charge in [0.2, 0.25) is 5.91 Å². The Morgan fingerprint density at radius 2 is 1.62 bits per heavy atom. The lowest BCUT2D eigenvalue weighted by atomic mass is 9.93. The van der Waals surface area contributed by atoms with Crippen LogP contribution in [0.15, 0.2) is 48.1 Å². The van der Waals surface area contributed by atoms with Crippen molar-refractivity contribution in [1.29, 1.82) is 0 Å². The first-order valence-electron chi connectivity index (χ1n) is 13.5. The maximum atomic E-state index is 12.3. The van der Waals surface area contributed by atoms with Crippen molar-refractivity contribution in [3.63, 3.8) is 0 Å². The third kappa shape index (κ3) is 19.5. The molecule has 5 atom stereocenters. The zero-order chi connectivity index (χ0) is 30.0. The van der Waals surface area contributed by atoms with Crippen LogP contribution < -0.4 is 11.1 Å². The maximum Gasteiger partial charge on any atom is 0.404 e. The minimum absolute atomic E-state index is 0.0477. The molecule has 2 amide bonds. The number of hydrogen-bond donors (Lipinski definition) is 4. The number of rotatable bonds is 20. The molecule has 0 aromatic heterocycles. The number of primary amides is 1. The summed E-state index contributed by atoms with van der Waals surface area (Å²) in [7, 11) is 0. The van der Waals surface area contributed by atoms with E-state index in [9.17, 15) is 24.3 Å². The summed E-state index contributed by atoms with van der Waals surface area (Å²) in [5, 5.41) is 21.5. The highest BCUT2D eigenvalue weighted by Crippen LogP contribution is 2.21. The number of hydrogen-bond acceptors (Lipinski definition) is 6. The molecule has 9 nitrogen and oxygen atoms in total. The van der Waals surface area contributed by atoms with Gasteiger partial charge in [-0.05, 0) is 57.8 Å². The fourth-order valence-corrected chi connectivity index (χ4v) is 4.11. The van der Waals surface area contributed by atoms with Gasteiger partial charge in [0.05, 0.1) is 12.0 Å². The Morgan fingerprint density at radius 3 is 2.23 bits per heavy atom. The second-order valence-corrected chi connectivity index (χ2v) is 10.6. The number of aliphatic hydroxyl groups is 1. The first-order chi connectivity index (χ1) is 18.2. The van der Waals surface area contributed by atoms with Crippen LogP contribution in [0.1, 0.15) is 79.6 Å². The first kappa shape index (κ1) is 35.8. The molecule has 0 spiro atoms. The Labute approximate surface area is 233 Å². The van der Waals surface area contributed by atoms with Crippen molar-refractivity contribution >= 4 is 23.8 Å². The minimum atomic E-state index is -0.991. The predicted molar refractivity (Wildman–Crippen MR) is 153 cm³/mol. The van der Waals surface area contributed by atoms with Crippen LogP contribution in [-0.4, -0.2) is 52.7 Å². The number of nitrogens with two attached hydrogens (primary N) is 1. The molecule has 39 heavy (non-hydrogen) atoms. The van der Waals surface area contributed by atoms with Gasteiger partial charge in [-0.15, -0.1) is 0 Å². The summed E-state index contributed by atoms with van der Waals surface area (Å²) in [5.74, 6) is -1.56. The highest BCUT2D eigenvalue weighted by atomic mass is 16.6. The molecule has 0 aliphatic heterocycles. The van der Waals surface area contributed by atoms with E-state index in [1.165, 1.54) is 6.08 Å². The van der Waals surface area contributed by atoms with Crippen LogP contribution >= 0.6 is 0 Å². The van der Waals surface area contributed by atoms with E-state index in [1.807, 2.05) is 32.1 Å². The summed E-state index contributed by atoms with van der Waals surface area (Å²) in [4.78, 5) is 45.9. The number of Topliss-reactive ketones (excluding diaryl/α,β-unsaturated/α-hetero) is 1. The Hall–Kier alpha value is -3.20. The molecule has 220 valence electrons. The van der Waals surface area contributed by atoms with E-state index in [0.29, 0.717) is 12.3 Å². The molecule has 0 saturated carbocycles. The lowest BCUT2D eigenvalue weighted by molar-refractivity contribution is -0.131. The van der Waals surface area contributed by atoms with Crippen LogP contribution in [0.2, 0.25) is 0 Å². The highest BCUT2D eigenvalue weighted by Gasteiger charge is 2.23. The van der Waals surface area contributed by atoms with E-state index in [4.69, 9.17) is 15.6 Å². The third-order valence-corrected chi connectivity index (χ3v) is 6.23. The third-order valence-electron chi connectivity index (χ3n) is 6.23. The number of aliphatic hydroxyl groups excluding tert-OH is 1. The van der Waals surface area contributed by atoms with Crippen LogP contribution in [0.4, 0.5) is 4.79 Å². The average molecular weight is 549 g/mol. The molecular formula is C30H48N2O7. The van der Waals surface area contributed by atoms with Gasteiger partial charge in [0.1, 0.15) is 11.9 Å². The van der Waals surface area contributed by atoms with Gasteiger partial charge in [0.25, 0.3) is 0 Å². The molecule has 5 N–H and O–H groups in total. The second-order valence-electron chi connectivity index (χ2n) is 10.6. The second kappa shape index (κ2) is 19.8. The molecule has 0 aromatic carbocycles. The van der Waals surface area contributed by atoms with Crippen molar-refractivity contribution in [3.8, 4) is 0 Å². The van der Waals surface area contributed by atoms with Crippen molar-refractivity contribution in [2.75, 3.05) is 6.54 Å². The van der Waals surface area contributed by atoms with E-state index in [1.54, 1.807) is 13.8 Å². The Balaban J connectivity index is 4.18. The van der Waals surface area contributed by atoms with Crippen molar-refractivity contribution in [3.05, 3.63) is 48.1 Å². The molecule has 0 fully saturated rings. The maximum absolute atomic E-state index is 12.3. The quantitative estimate of drug-likeness (QED) is 0.0962. The molecule has 0 heterocycles. The van der Waals surface area contributed by atoms with Crippen LogP contribution in [0.25, 0.3) is 0 Å². The monoisotopic (exact) mass is 548 g/mol. The van der Waals surface area contributed by atoms with Gasteiger partial charge >= 0.3 is 12.1 Å². The summed E-state index contributed by atoms with van der Waals surface area (Å²) >= 11 is 0. The SMILES string of the molecule is C=C(CC/C=C/C=C/C[C@H](C)CC(=O)C[C@@H](O)CNC(=O)[C@H](C)[C@@H](C)OC(N)=O)C[C@@H](C)C/C(C)=C/C(=O)O. The van der Waals surface area contributed by atoms with Gasteiger partial charge in [0, 0.05) is 25.5 Å². The van der Waals surface area contributed by atoms with Gasteiger partial charge in [-0.25, -0.2) is 9.59 Å². The number of ether oxygens (including phenoxy) is 1. The van der Waals surface area contributed by atoms with Gasteiger partial charge in [-0.1, -0.05) is 62.8 Å². The molecule has 0 aliphatic rings. The molecular weight excluding hydrogens is 500 g/mol. The van der Waals surface area contributed by atoms with Gasteiger partial charge in [0.15, 0.2) is 0 Å². The summed E-state index contributed by atoms with van der Waals surface area (Å²) < 4.78 is 4.78. The molecule has 0 bridgehead atoms. The van der Waals surface area contributed by atoms with Crippen molar-refractivity contribution < 1.29 is 34.1 Å². The van der Waals surface area contributed by atoms with E-state index < -0.39 is 36.1 Å². The van der Waals surface area contributed by atoms with E-state index in [2.05, 4.69) is 24.9 Å². The zero-order valence-corrected chi connectivity index (χ0v) is 24.2. The largest absolute Gasteiger partial charge is 0.478 e. The molecule has 0 aliphatic carbocycles. The molecule has 0 saturated heterocycles. The topological polar surface area (TPSA) is 156 Å². The van der Waals surface area contributed by atoms with Crippen LogP contribution in [0.5, 0.6) is 0 Å². The van der Waals surface area contributed by atoms with Gasteiger partial charge in [-0.3, -0.25) is 9.59 Å². The van der Waals surface area contributed by atoms with E-state index in [0.717, 1.165) is 43.3 Å². The van der Waals surface area contributed by atoms with Crippen molar-refractivity contribution in [1.82, 2.24) is 5.32 Å². The number of carbonyl (C=O) groups is 4. The Morgan fingerprint density at radius 1 is 0.974 bits per heavy atom. The van der Waals surface area contributed by atoms with Crippen molar-refractivity contribution in [2.45, 2.75) is 91.8 Å². The normalized spacial score (nSPS) is 15.9. The summed E-state index contributed by atoms with van der Waals surface area (Å²) in [6.45, 7) is 13.1. The fourth-order valence-electron chi connectivity index (χ4n) is 4.11. The summed E-state index contributed by atoms with van der Waals surface area (Å²) in [5.41, 5.74) is 6.96. The molecule has 9 heteroatoms. The standard InChI is InChI=1S/C30H48N2O7/c1-20(14-22(3)15-23(4)17-28(35)36)12-10-8-7-9-11-13-21(2)16-26(33)18-27(34)19-32-29(37)24(5)25(6)39-30(31)38/h7-9,11,17,21-22,24-25,27,34H,1,10,12-16,18-19H2,2-6H3,(H2,31,38)(H,32,37)(H,35,36)/b8-7+,11-9+,23-17+/t21-,22+,24+,25+,27+/m0/s1. The number of ketones is 1. The zero-order valence-electron chi connectivity index (χ0n) is 24.2. The smallest absolute Gasteiger partial charge is 0.404 e. The highest BCUT2D eigenvalue weighted by molar-refractivity contribution is 5.81. The average Bonchev–Trinajstić information content (AvgIpc) is 2.79. The number of carboxylic acids is 1. The lowest BCUT2D eigenvalue weighted by Crippen LogP contribution is -2.41. The summed E-state index contributed by atoms with van der Waals surface area (Å²) in [6.07, 6.45) is 11.0. The number of carbonyl (C=O) groups excluding carboxylic acids is 3. The Bertz CT molecular complexity index is 907. The van der Waals surface area contributed by atoms with Crippen LogP contribution in [0.3, 0.4) is 0 Å². The number of nitrogens with one attached hydrogen (secondary N) is 1. The first-order valence-corrected chi connectivity index (χ1v) is 13.5. The number of allylic oxidation sites excluding steroid dienone is 6. The van der Waals surface area contributed by atoms with E-state index >= 15 is 0 Å². The molecule has 0 rings (SSSR count). The number of amides is 2. The number of carboxylic acid groups (broad SMARTS) is 1. The fraction of sp³-hybridized carbons (Fsp3) is 0.600. The van der Waals surface area contributed by atoms with Gasteiger partial charge < -0.3 is 26.0 Å². The van der Waals surface area contributed by atoms with Crippen molar-refractivity contribution in [2.24, 2.45) is 23.5 Å². The van der Waals surface area contributed by atoms with E-state index in [-0.39, 0.29) is 24.7 Å². The Kier molecular flexibility index (Phi) is 18.2. The molecule has 0 radical (unpaired) electrons. The number of aliphatic carboxylic acids is 1. The summed E-state index contributed by atoms with van der Waals surface area (Å²) in [6, 6.07) is 0. The predicted octanol–water partition coefficient (Wildman–Crippen LogP) is 4.85. The minimum Gasteiger partial charge on any atom is -0.478 e. The molecule has 0 unspecified atom stereocenters. The van der Waals surface area contributed by atoms with Crippen LogP contribution in [0, 0.1) is 17.8 Å². The molecule has 0 aromatic rings.